The summed E-state index contributed by atoms with van der Waals surface area (Å²) >= 11 is 0. The Bertz CT molecular complexity index is 319. The van der Waals surface area contributed by atoms with Crippen LogP contribution in [0.1, 0.15) is 37.5 Å². The van der Waals surface area contributed by atoms with Crippen LogP contribution in [0, 0.1) is 13.8 Å². The van der Waals surface area contributed by atoms with Gasteiger partial charge in [0.05, 0.1) is 0 Å². The molecule has 0 N–H and O–H groups in total. The molecule has 0 unspecified atom stereocenters. The second-order valence-corrected chi connectivity index (χ2v) is 4.65. The van der Waals surface area contributed by atoms with Crippen molar-refractivity contribution in [3.8, 4) is 5.75 Å². The largest absolute Gasteiger partial charge is 0.289 e. The van der Waals surface area contributed by atoms with Crippen molar-refractivity contribution in [1.82, 2.24) is 0 Å². The van der Waals surface area contributed by atoms with E-state index in [0.717, 1.165) is 16.7 Å². The summed E-state index contributed by atoms with van der Waals surface area (Å²) in [5.41, 5.74) is 2.85. The molecule has 71 valence electrons. The molecule has 1 rings (SSSR count). The highest BCUT2D eigenvalue weighted by Crippen LogP contribution is 2.35. The first-order valence-corrected chi connectivity index (χ1v) is 4.61. The molecule has 0 atom stereocenters. The highest BCUT2D eigenvalue weighted by molar-refractivity contribution is 5.47. The third-order valence-corrected chi connectivity index (χ3v) is 2.31. The van der Waals surface area contributed by atoms with Crippen LogP contribution in [0.4, 0.5) is 0 Å². The van der Waals surface area contributed by atoms with Crippen LogP contribution in [-0.4, -0.2) is 0 Å². The van der Waals surface area contributed by atoms with Gasteiger partial charge in [0, 0.05) is 5.56 Å². The van der Waals surface area contributed by atoms with Crippen LogP contribution in [0.2, 0.25) is 0 Å². The van der Waals surface area contributed by atoms with E-state index >= 15 is 0 Å². The van der Waals surface area contributed by atoms with Crippen molar-refractivity contribution in [2.24, 2.45) is 0 Å². The van der Waals surface area contributed by atoms with E-state index in [-0.39, 0.29) is 11.2 Å². The molecule has 0 amide bonds. The molecule has 0 fully saturated rings. The van der Waals surface area contributed by atoms with Gasteiger partial charge in [0.1, 0.15) is 0 Å². The molecule has 0 aliphatic heterocycles. The molecule has 1 nitrogen and oxygen atoms in total. The Kier molecular flexibility index (Phi) is 2.38. The minimum Gasteiger partial charge on any atom is -0.289 e. The van der Waals surface area contributed by atoms with E-state index in [4.69, 9.17) is 0 Å². The third kappa shape index (κ3) is 1.85. The van der Waals surface area contributed by atoms with E-state index in [1.807, 2.05) is 26.0 Å². The van der Waals surface area contributed by atoms with E-state index in [9.17, 15) is 5.11 Å². The standard InChI is InChI=1S/C12H17O/c1-8-6-7-9(2)11(13)10(8)12(3,4)5/h6-7H,1-5H3. The molecule has 0 aromatic heterocycles. The number of hydrogen-bond donors (Lipinski definition) is 0. The van der Waals surface area contributed by atoms with E-state index in [1.54, 1.807) is 0 Å². The molecular formula is C12H17O. The molecule has 0 saturated heterocycles. The fourth-order valence-electron chi connectivity index (χ4n) is 1.72. The van der Waals surface area contributed by atoms with Crippen molar-refractivity contribution in [2.45, 2.75) is 40.0 Å². The van der Waals surface area contributed by atoms with Gasteiger partial charge in [0.25, 0.3) is 0 Å². The summed E-state index contributed by atoms with van der Waals surface area (Å²) in [6, 6.07) is 3.92. The van der Waals surface area contributed by atoms with Gasteiger partial charge in [-0.2, -0.15) is 0 Å². The molecule has 0 spiro atoms. The molecule has 0 saturated carbocycles. The predicted molar refractivity (Wildman–Crippen MR) is 54.7 cm³/mol. The Morgan fingerprint density at radius 2 is 1.46 bits per heavy atom. The minimum absolute atomic E-state index is 0.0484. The number of rotatable bonds is 0. The van der Waals surface area contributed by atoms with Crippen molar-refractivity contribution in [1.29, 1.82) is 0 Å². The summed E-state index contributed by atoms with van der Waals surface area (Å²) in [5, 5.41) is 11.8. The zero-order chi connectivity index (χ0) is 10.2. The molecular weight excluding hydrogens is 160 g/mol. The first kappa shape index (κ1) is 10.1. The van der Waals surface area contributed by atoms with Gasteiger partial charge in [0.15, 0.2) is 5.75 Å². The quantitative estimate of drug-likeness (QED) is 0.575. The monoisotopic (exact) mass is 177 g/mol. The molecule has 1 aromatic carbocycles. The van der Waals surface area contributed by atoms with Gasteiger partial charge in [-0.05, 0) is 30.4 Å². The van der Waals surface area contributed by atoms with Crippen LogP contribution in [0.3, 0.4) is 0 Å². The normalized spacial score (nSPS) is 11.8. The van der Waals surface area contributed by atoms with Crippen molar-refractivity contribution < 1.29 is 5.11 Å². The van der Waals surface area contributed by atoms with Gasteiger partial charge in [-0.25, -0.2) is 0 Å². The van der Waals surface area contributed by atoms with Gasteiger partial charge >= 0.3 is 0 Å². The summed E-state index contributed by atoms with van der Waals surface area (Å²) in [4.78, 5) is 0. The highest BCUT2D eigenvalue weighted by Gasteiger charge is 2.22. The molecule has 0 aliphatic carbocycles. The lowest BCUT2D eigenvalue weighted by Gasteiger charge is -2.22. The zero-order valence-electron chi connectivity index (χ0n) is 9.06. The Hall–Kier alpha value is -0.980. The predicted octanol–water partition coefficient (Wildman–Crippen LogP) is 3.74. The minimum atomic E-state index is -0.0484. The fourth-order valence-corrected chi connectivity index (χ4v) is 1.72. The van der Waals surface area contributed by atoms with Crippen LogP contribution in [0.25, 0.3) is 0 Å². The molecule has 0 bridgehead atoms. The first-order chi connectivity index (χ1) is 5.84. The lowest BCUT2D eigenvalue weighted by molar-refractivity contribution is 0.337. The Labute approximate surface area is 80.4 Å². The number of hydrogen-bond acceptors (Lipinski definition) is 0. The molecule has 13 heavy (non-hydrogen) atoms. The smallest absolute Gasteiger partial charge is 0.185 e. The van der Waals surface area contributed by atoms with Crippen LogP contribution >= 0.6 is 0 Å². The van der Waals surface area contributed by atoms with E-state index in [0.29, 0.717) is 0 Å². The maximum absolute atomic E-state index is 11.8. The van der Waals surface area contributed by atoms with E-state index < -0.39 is 0 Å². The van der Waals surface area contributed by atoms with Crippen LogP contribution < -0.4 is 0 Å². The van der Waals surface area contributed by atoms with Gasteiger partial charge in [-0.1, -0.05) is 32.9 Å². The van der Waals surface area contributed by atoms with E-state index in [1.165, 1.54) is 0 Å². The molecule has 1 heteroatoms. The van der Waals surface area contributed by atoms with Crippen LogP contribution in [-0.2, 0) is 10.5 Å². The third-order valence-electron chi connectivity index (χ3n) is 2.31. The maximum atomic E-state index is 11.8. The average Bonchev–Trinajstić information content (AvgIpc) is 1.95. The summed E-state index contributed by atoms with van der Waals surface area (Å²) in [6.45, 7) is 10.1. The molecule has 0 aliphatic rings. The fraction of sp³-hybridized carbons (Fsp3) is 0.500. The van der Waals surface area contributed by atoms with Crippen LogP contribution in [0.5, 0.6) is 5.75 Å². The number of benzene rings is 1. The van der Waals surface area contributed by atoms with Gasteiger partial charge in [0.2, 0.25) is 0 Å². The second-order valence-electron chi connectivity index (χ2n) is 4.65. The lowest BCUT2D eigenvalue weighted by atomic mass is 9.82. The first-order valence-electron chi connectivity index (χ1n) is 4.61. The summed E-state index contributed by atoms with van der Waals surface area (Å²) in [5.74, 6) is 0.201. The lowest BCUT2D eigenvalue weighted by Crippen LogP contribution is -2.13. The van der Waals surface area contributed by atoms with Crippen LogP contribution in [0.15, 0.2) is 12.1 Å². The van der Waals surface area contributed by atoms with Crippen molar-refractivity contribution in [3.63, 3.8) is 0 Å². The summed E-state index contributed by atoms with van der Waals surface area (Å²) in [7, 11) is 0. The summed E-state index contributed by atoms with van der Waals surface area (Å²) in [6.07, 6.45) is 0. The topological polar surface area (TPSA) is 19.9 Å². The average molecular weight is 177 g/mol. The summed E-state index contributed by atoms with van der Waals surface area (Å²) < 4.78 is 0. The molecule has 1 aromatic rings. The molecule has 0 heterocycles. The Morgan fingerprint density at radius 3 is 1.85 bits per heavy atom. The highest BCUT2D eigenvalue weighted by atomic mass is 16.3. The van der Waals surface area contributed by atoms with Gasteiger partial charge in [-0.15, -0.1) is 0 Å². The van der Waals surface area contributed by atoms with Gasteiger partial charge < -0.3 is 0 Å². The zero-order valence-corrected chi connectivity index (χ0v) is 9.06. The van der Waals surface area contributed by atoms with Crippen molar-refractivity contribution in [2.75, 3.05) is 0 Å². The maximum Gasteiger partial charge on any atom is 0.185 e. The van der Waals surface area contributed by atoms with E-state index in [2.05, 4.69) is 20.8 Å². The van der Waals surface area contributed by atoms with Crippen molar-refractivity contribution in [3.05, 3.63) is 28.8 Å². The SMILES string of the molecule is Cc1ccc(C)c(C(C)(C)C)c1[O]. The van der Waals surface area contributed by atoms with Gasteiger partial charge in [-0.3, -0.25) is 5.11 Å². The Balaban J connectivity index is 3.43. The molecule has 1 radical (unpaired) electrons. The Morgan fingerprint density at radius 1 is 1.00 bits per heavy atom. The van der Waals surface area contributed by atoms with Crippen molar-refractivity contribution >= 4 is 0 Å². The second kappa shape index (κ2) is 3.06. The number of aryl methyl sites for hydroxylation is 2.